The van der Waals surface area contributed by atoms with Crippen LogP contribution in [-0.2, 0) is 9.59 Å². The average molecular weight is 483 g/mol. The number of carboxylic acids is 1. The zero-order chi connectivity index (χ0) is 25.4. The van der Waals surface area contributed by atoms with Crippen LogP contribution in [0.1, 0.15) is 187 Å². The second kappa shape index (κ2) is 34.3. The lowest BCUT2D eigenvalue weighted by Gasteiger charge is -2.02. The van der Waals surface area contributed by atoms with Crippen LogP contribution in [0.3, 0.4) is 0 Å². The van der Waals surface area contributed by atoms with Gasteiger partial charge in [0.15, 0.2) is 0 Å². The predicted octanol–water partition coefficient (Wildman–Crippen LogP) is 10.8. The SMILES string of the molecule is CCCCCCCCCCCCCCC=O.CCCCCCCCCCCCCCCC(=O)O. The Morgan fingerprint density at radius 1 is 0.471 bits per heavy atom. The molecule has 0 amide bonds. The molecule has 1 N–H and O–H groups in total. The Morgan fingerprint density at radius 2 is 0.735 bits per heavy atom. The Labute approximate surface area is 214 Å². The van der Waals surface area contributed by atoms with E-state index in [-0.39, 0.29) is 0 Å². The third-order valence-corrected chi connectivity index (χ3v) is 6.67. The Bertz CT molecular complexity index is 381. The molecule has 0 unspecified atom stereocenters. The lowest BCUT2D eigenvalue weighted by molar-refractivity contribution is -0.137. The van der Waals surface area contributed by atoms with Crippen LogP contribution in [0.5, 0.6) is 0 Å². The van der Waals surface area contributed by atoms with Crippen molar-refractivity contribution in [1.29, 1.82) is 0 Å². The van der Waals surface area contributed by atoms with E-state index in [1.807, 2.05) is 0 Å². The number of unbranched alkanes of at least 4 members (excludes halogenated alkanes) is 24. The van der Waals surface area contributed by atoms with Crippen LogP contribution in [0.15, 0.2) is 0 Å². The Kier molecular flexibility index (Phi) is 35.6. The summed E-state index contributed by atoms with van der Waals surface area (Å²) in [4.78, 5) is 20.4. The monoisotopic (exact) mass is 482 g/mol. The number of carbonyl (C=O) groups excluding carboxylic acids is 1. The number of carbonyl (C=O) groups is 2. The Hall–Kier alpha value is -0.860. The largest absolute Gasteiger partial charge is 0.481 e. The fourth-order valence-electron chi connectivity index (χ4n) is 4.36. The third kappa shape index (κ3) is 38.4. The van der Waals surface area contributed by atoms with Crippen molar-refractivity contribution >= 4 is 12.3 Å². The van der Waals surface area contributed by atoms with Crippen LogP contribution in [0, 0.1) is 0 Å². The molecule has 0 saturated heterocycles. The van der Waals surface area contributed by atoms with Gasteiger partial charge in [-0.05, 0) is 12.8 Å². The van der Waals surface area contributed by atoms with E-state index in [0.717, 1.165) is 32.0 Å². The number of aldehydes is 1. The van der Waals surface area contributed by atoms with Gasteiger partial charge in [-0.3, -0.25) is 4.79 Å². The predicted molar refractivity (Wildman–Crippen MR) is 150 cm³/mol. The first-order valence-corrected chi connectivity index (χ1v) is 15.3. The molecule has 34 heavy (non-hydrogen) atoms. The van der Waals surface area contributed by atoms with Crippen LogP contribution in [0.2, 0.25) is 0 Å². The summed E-state index contributed by atoms with van der Waals surface area (Å²) >= 11 is 0. The summed E-state index contributed by atoms with van der Waals surface area (Å²) in [5.74, 6) is -0.655. The van der Waals surface area contributed by atoms with Gasteiger partial charge in [-0.15, -0.1) is 0 Å². The van der Waals surface area contributed by atoms with Gasteiger partial charge < -0.3 is 9.90 Å². The first-order valence-electron chi connectivity index (χ1n) is 15.3. The van der Waals surface area contributed by atoms with E-state index in [1.54, 1.807) is 0 Å². The van der Waals surface area contributed by atoms with Crippen LogP contribution < -0.4 is 0 Å². The maximum Gasteiger partial charge on any atom is 0.303 e. The molecule has 204 valence electrons. The molecule has 0 aromatic carbocycles. The van der Waals surface area contributed by atoms with Gasteiger partial charge in [0.05, 0.1) is 0 Å². The molecule has 0 rings (SSSR count). The van der Waals surface area contributed by atoms with E-state index in [4.69, 9.17) is 5.11 Å². The van der Waals surface area contributed by atoms with Crippen molar-refractivity contribution < 1.29 is 14.7 Å². The van der Waals surface area contributed by atoms with E-state index in [9.17, 15) is 9.59 Å². The number of hydrogen-bond acceptors (Lipinski definition) is 2. The van der Waals surface area contributed by atoms with E-state index in [0.29, 0.717) is 6.42 Å². The Balaban J connectivity index is 0. The lowest BCUT2D eigenvalue weighted by atomic mass is 10.0. The number of hydrogen-bond donors (Lipinski definition) is 1. The minimum atomic E-state index is -0.655. The summed E-state index contributed by atoms with van der Waals surface area (Å²) in [6.45, 7) is 4.53. The third-order valence-electron chi connectivity index (χ3n) is 6.67. The highest BCUT2D eigenvalue weighted by Gasteiger charge is 1.97. The molecular formula is C31H62O3. The van der Waals surface area contributed by atoms with Gasteiger partial charge in [0.2, 0.25) is 0 Å². The molecule has 0 aliphatic rings. The average Bonchev–Trinajstić information content (AvgIpc) is 2.83. The van der Waals surface area contributed by atoms with Crippen molar-refractivity contribution in [3.8, 4) is 0 Å². The molecule has 0 heterocycles. The van der Waals surface area contributed by atoms with E-state index < -0.39 is 5.97 Å². The normalized spacial score (nSPS) is 10.6. The number of rotatable bonds is 27. The van der Waals surface area contributed by atoms with Crippen molar-refractivity contribution in [2.24, 2.45) is 0 Å². The molecule has 0 aliphatic carbocycles. The van der Waals surface area contributed by atoms with Crippen LogP contribution in [0.25, 0.3) is 0 Å². The van der Waals surface area contributed by atoms with Crippen LogP contribution in [-0.4, -0.2) is 17.4 Å². The second-order valence-corrected chi connectivity index (χ2v) is 10.2. The molecule has 3 nitrogen and oxygen atoms in total. The van der Waals surface area contributed by atoms with Gasteiger partial charge in [-0.1, -0.05) is 162 Å². The highest BCUT2D eigenvalue weighted by atomic mass is 16.4. The minimum Gasteiger partial charge on any atom is -0.481 e. The quantitative estimate of drug-likeness (QED) is 0.0935. The zero-order valence-electron chi connectivity index (χ0n) is 23.4. The summed E-state index contributed by atoms with van der Waals surface area (Å²) in [5, 5.41) is 8.49. The summed E-state index contributed by atoms with van der Waals surface area (Å²) in [7, 11) is 0. The van der Waals surface area contributed by atoms with Crippen LogP contribution >= 0.6 is 0 Å². The number of carboxylic acid groups (broad SMARTS) is 1. The first kappa shape index (κ1) is 35.3. The van der Waals surface area contributed by atoms with E-state index in [2.05, 4.69) is 13.8 Å². The highest BCUT2D eigenvalue weighted by molar-refractivity contribution is 5.66. The van der Waals surface area contributed by atoms with E-state index >= 15 is 0 Å². The molecule has 0 spiro atoms. The standard InChI is InChI=1S/C16H32O2.C15H30O/c1-2-3-4-5-6-7-8-9-10-11-12-13-14-15-16(17)18;1-2-3-4-5-6-7-8-9-10-11-12-13-14-15-16/h2-15H2,1H3,(H,17,18);15H,2-14H2,1H3. The van der Waals surface area contributed by atoms with Gasteiger partial charge in [0.25, 0.3) is 0 Å². The van der Waals surface area contributed by atoms with Crippen molar-refractivity contribution in [1.82, 2.24) is 0 Å². The lowest BCUT2D eigenvalue weighted by Crippen LogP contribution is -1.93. The van der Waals surface area contributed by atoms with Gasteiger partial charge >= 0.3 is 5.97 Å². The smallest absolute Gasteiger partial charge is 0.303 e. The molecule has 0 fully saturated rings. The van der Waals surface area contributed by atoms with Crippen molar-refractivity contribution in [2.45, 2.75) is 187 Å². The van der Waals surface area contributed by atoms with Gasteiger partial charge in [0.1, 0.15) is 6.29 Å². The molecular weight excluding hydrogens is 420 g/mol. The van der Waals surface area contributed by atoms with E-state index in [1.165, 1.54) is 141 Å². The summed E-state index contributed by atoms with van der Waals surface area (Å²) in [6, 6.07) is 0. The van der Waals surface area contributed by atoms with Crippen molar-refractivity contribution in [3.63, 3.8) is 0 Å². The summed E-state index contributed by atoms with van der Waals surface area (Å²) < 4.78 is 0. The summed E-state index contributed by atoms with van der Waals surface area (Å²) in [6.07, 6.45) is 35.4. The summed E-state index contributed by atoms with van der Waals surface area (Å²) in [5.41, 5.74) is 0. The van der Waals surface area contributed by atoms with Gasteiger partial charge in [-0.2, -0.15) is 0 Å². The minimum absolute atomic E-state index is 0.345. The molecule has 3 heteroatoms. The van der Waals surface area contributed by atoms with Gasteiger partial charge in [0, 0.05) is 12.8 Å². The molecule has 0 aromatic heterocycles. The topological polar surface area (TPSA) is 54.4 Å². The zero-order valence-corrected chi connectivity index (χ0v) is 23.4. The number of aliphatic carboxylic acids is 1. The van der Waals surface area contributed by atoms with Crippen molar-refractivity contribution in [2.75, 3.05) is 0 Å². The van der Waals surface area contributed by atoms with Crippen molar-refractivity contribution in [3.05, 3.63) is 0 Å². The molecule has 0 bridgehead atoms. The van der Waals surface area contributed by atoms with Crippen LogP contribution in [0.4, 0.5) is 0 Å². The second-order valence-electron chi connectivity index (χ2n) is 10.2. The highest BCUT2D eigenvalue weighted by Crippen LogP contribution is 2.13. The van der Waals surface area contributed by atoms with Gasteiger partial charge in [-0.25, -0.2) is 0 Å². The fourth-order valence-corrected chi connectivity index (χ4v) is 4.36. The molecule has 0 aromatic rings. The molecule has 0 aliphatic heterocycles. The molecule has 0 atom stereocenters. The molecule has 0 radical (unpaired) electrons. The first-order chi connectivity index (χ1) is 16.7. The maximum absolute atomic E-state index is 10.3. The molecule has 0 saturated carbocycles. The fraction of sp³-hybridized carbons (Fsp3) is 0.935. The Morgan fingerprint density at radius 3 is 1.00 bits per heavy atom. The maximum atomic E-state index is 10.3.